The van der Waals surface area contributed by atoms with Crippen LogP contribution in [0.15, 0.2) is 29.3 Å². The van der Waals surface area contributed by atoms with Gasteiger partial charge in [0.1, 0.15) is 10.7 Å². The first-order chi connectivity index (χ1) is 14.0. The monoisotopic (exact) mass is 449 g/mol. The molecule has 12 heteroatoms. The normalized spacial score (nSPS) is 12.8. The second kappa shape index (κ2) is 9.49. The average Bonchev–Trinajstić information content (AvgIpc) is 2.99. The molecule has 1 aromatic heterocycles. The van der Waals surface area contributed by atoms with Crippen LogP contribution in [-0.4, -0.2) is 36.7 Å². The Morgan fingerprint density at radius 2 is 2.03 bits per heavy atom. The average molecular weight is 449 g/mol. The van der Waals surface area contributed by atoms with E-state index in [0.717, 1.165) is 29.0 Å². The summed E-state index contributed by atoms with van der Waals surface area (Å²) in [4.78, 5) is 12.3. The van der Waals surface area contributed by atoms with E-state index in [1.54, 1.807) is 6.92 Å². The van der Waals surface area contributed by atoms with Gasteiger partial charge in [-0.25, -0.2) is 26.7 Å². The third kappa shape index (κ3) is 5.52. The molecule has 1 heterocycles. The van der Waals surface area contributed by atoms with Gasteiger partial charge in [0.25, 0.3) is 12.3 Å². The van der Waals surface area contributed by atoms with E-state index in [-0.39, 0.29) is 30.2 Å². The molecule has 0 fully saturated rings. The molecule has 2 rings (SSSR count). The smallest absolute Gasteiger partial charge is 0.276 e. The van der Waals surface area contributed by atoms with Crippen molar-refractivity contribution in [3.8, 4) is 5.75 Å². The number of nitrogens with zero attached hydrogens (tertiary/aromatic N) is 1. The predicted octanol–water partition coefficient (Wildman–Crippen LogP) is 2.54. The number of hydrogen-bond donors (Lipinski definition) is 3. The lowest BCUT2D eigenvalue weighted by atomic mass is 10.2. The highest BCUT2D eigenvalue weighted by Crippen LogP contribution is 2.31. The maximum Gasteiger partial charge on any atom is 0.276 e. The molecule has 0 aliphatic carbocycles. The van der Waals surface area contributed by atoms with Gasteiger partial charge < -0.3 is 19.7 Å². The van der Waals surface area contributed by atoms with Gasteiger partial charge in [-0.2, -0.15) is 0 Å². The molecule has 166 valence electrons. The van der Waals surface area contributed by atoms with E-state index >= 15 is 0 Å². The SMILES string of the molecule is CCC(O)CCOc1c(S(N)(=O)=O)cn(C)c1C(=O)Nc1ccc(F)c(C(F)F)c1. The molecular formula is C18H22F3N3O5S. The predicted molar refractivity (Wildman–Crippen MR) is 103 cm³/mol. The van der Waals surface area contributed by atoms with E-state index in [1.165, 1.54) is 7.05 Å². The Bertz CT molecular complexity index is 1020. The molecule has 8 nitrogen and oxygen atoms in total. The highest BCUT2D eigenvalue weighted by Gasteiger charge is 2.28. The van der Waals surface area contributed by atoms with Crippen molar-refractivity contribution in [2.75, 3.05) is 11.9 Å². The molecule has 0 radical (unpaired) electrons. The number of nitrogens with two attached hydrogens (primary N) is 1. The van der Waals surface area contributed by atoms with Gasteiger partial charge in [-0.1, -0.05) is 6.92 Å². The van der Waals surface area contributed by atoms with Crippen LogP contribution in [0.1, 0.15) is 42.2 Å². The molecular weight excluding hydrogens is 427 g/mol. The number of rotatable bonds is 9. The lowest BCUT2D eigenvalue weighted by molar-refractivity contribution is 0.101. The van der Waals surface area contributed by atoms with Gasteiger partial charge in [0.15, 0.2) is 11.4 Å². The topological polar surface area (TPSA) is 124 Å². The summed E-state index contributed by atoms with van der Waals surface area (Å²) in [5, 5.41) is 17.1. The van der Waals surface area contributed by atoms with Crippen molar-refractivity contribution in [2.24, 2.45) is 12.2 Å². The minimum atomic E-state index is -4.26. The fourth-order valence-corrected chi connectivity index (χ4v) is 3.38. The Hall–Kier alpha value is -2.57. The summed E-state index contributed by atoms with van der Waals surface area (Å²) >= 11 is 0. The summed E-state index contributed by atoms with van der Waals surface area (Å²) in [5.74, 6) is -2.35. The number of hydrogen-bond acceptors (Lipinski definition) is 5. The van der Waals surface area contributed by atoms with Crippen molar-refractivity contribution < 1.29 is 36.2 Å². The number of nitrogens with one attached hydrogen (secondary N) is 1. The number of halogens is 3. The van der Waals surface area contributed by atoms with Crippen LogP contribution in [-0.2, 0) is 17.1 Å². The second-order valence-electron chi connectivity index (χ2n) is 6.52. The Labute approximate surface area is 171 Å². The number of primary sulfonamides is 1. The Morgan fingerprint density at radius 1 is 1.37 bits per heavy atom. The fraction of sp³-hybridized carbons (Fsp3) is 0.389. The summed E-state index contributed by atoms with van der Waals surface area (Å²) in [6.45, 7) is 1.64. The highest BCUT2D eigenvalue weighted by molar-refractivity contribution is 7.89. The molecule has 0 saturated heterocycles. The van der Waals surface area contributed by atoms with Crippen LogP contribution in [0, 0.1) is 5.82 Å². The highest BCUT2D eigenvalue weighted by atomic mass is 32.2. The quantitative estimate of drug-likeness (QED) is 0.543. The summed E-state index contributed by atoms with van der Waals surface area (Å²) in [6.07, 6.45) is -2.08. The zero-order valence-electron chi connectivity index (χ0n) is 16.2. The number of sulfonamides is 1. The van der Waals surface area contributed by atoms with Crippen molar-refractivity contribution in [3.05, 3.63) is 41.5 Å². The maximum absolute atomic E-state index is 13.5. The van der Waals surface area contributed by atoms with Gasteiger partial charge in [0.2, 0.25) is 10.0 Å². The summed E-state index contributed by atoms with van der Waals surface area (Å²) in [7, 11) is -2.89. The first kappa shape index (κ1) is 23.7. The van der Waals surface area contributed by atoms with Crippen molar-refractivity contribution in [2.45, 2.75) is 37.2 Å². The molecule has 4 N–H and O–H groups in total. The molecule has 1 unspecified atom stereocenters. The largest absolute Gasteiger partial charge is 0.490 e. The number of amides is 1. The number of aromatic nitrogens is 1. The lowest BCUT2D eigenvalue weighted by Crippen LogP contribution is -2.19. The van der Waals surface area contributed by atoms with Gasteiger partial charge in [0.05, 0.1) is 18.3 Å². The molecule has 0 bridgehead atoms. The van der Waals surface area contributed by atoms with Gasteiger partial charge in [-0.3, -0.25) is 4.79 Å². The van der Waals surface area contributed by atoms with E-state index in [9.17, 15) is 31.5 Å². The Morgan fingerprint density at radius 3 is 2.60 bits per heavy atom. The molecule has 0 spiro atoms. The van der Waals surface area contributed by atoms with Crippen LogP contribution in [0.25, 0.3) is 0 Å². The number of alkyl halides is 2. The fourth-order valence-electron chi connectivity index (χ4n) is 2.66. The van der Waals surface area contributed by atoms with Crippen LogP contribution in [0.5, 0.6) is 5.75 Å². The summed E-state index contributed by atoms with van der Waals surface area (Å²) in [5.41, 5.74) is -1.26. The minimum absolute atomic E-state index is 0.103. The van der Waals surface area contributed by atoms with Gasteiger partial charge in [-0.15, -0.1) is 0 Å². The third-order valence-electron chi connectivity index (χ3n) is 4.28. The van der Waals surface area contributed by atoms with Crippen LogP contribution in [0.3, 0.4) is 0 Å². The van der Waals surface area contributed by atoms with Crippen molar-refractivity contribution in [1.29, 1.82) is 0 Å². The molecule has 30 heavy (non-hydrogen) atoms. The molecule has 1 atom stereocenters. The van der Waals surface area contributed by atoms with E-state index in [2.05, 4.69) is 5.32 Å². The van der Waals surface area contributed by atoms with Crippen LogP contribution in [0.4, 0.5) is 18.9 Å². The molecule has 0 aliphatic rings. The molecule has 2 aromatic rings. The molecule has 1 aromatic carbocycles. The second-order valence-corrected chi connectivity index (χ2v) is 8.05. The van der Waals surface area contributed by atoms with Gasteiger partial charge >= 0.3 is 0 Å². The van der Waals surface area contributed by atoms with Gasteiger partial charge in [0, 0.05) is 25.4 Å². The van der Waals surface area contributed by atoms with Crippen LogP contribution >= 0.6 is 0 Å². The van der Waals surface area contributed by atoms with Crippen LogP contribution in [0.2, 0.25) is 0 Å². The number of aliphatic hydroxyl groups excluding tert-OH is 1. The maximum atomic E-state index is 13.5. The molecule has 1 amide bonds. The number of ether oxygens (including phenoxy) is 1. The molecule has 0 aliphatic heterocycles. The Balaban J connectivity index is 2.38. The summed E-state index contributed by atoms with van der Waals surface area (Å²) < 4.78 is 69.6. The number of aliphatic hydroxyl groups is 1. The number of anilines is 1. The van der Waals surface area contributed by atoms with E-state index in [1.807, 2.05) is 0 Å². The minimum Gasteiger partial charge on any atom is -0.490 e. The first-order valence-corrected chi connectivity index (χ1v) is 10.4. The molecule has 0 saturated carbocycles. The van der Waals surface area contributed by atoms with Crippen molar-refractivity contribution >= 4 is 21.6 Å². The van der Waals surface area contributed by atoms with E-state index in [0.29, 0.717) is 6.42 Å². The summed E-state index contributed by atoms with van der Waals surface area (Å²) in [6, 6.07) is 2.64. The Kier molecular flexibility index (Phi) is 7.50. The third-order valence-corrected chi connectivity index (χ3v) is 5.19. The zero-order chi connectivity index (χ0) is 22.6. The standard InChI is InChI=1S/C18H22F3N3O5S/c1-3-11(25)6-7-29-16-14(30(22,27)28)9-24(2)15(16)18(26)23-10-4-5-13(19)12(8-10)17(20)21/h4-5,8-9,11,17,25H,3,6-7H2,1-2H3,(H,23,26)(H2,22,27,28). The first-order valence-electron chi connectivity index (χ1n) is 8.87. The zero-order valence-corrected chi connectivity index (χ0v) is 17.0. The number of carbonyl (C=O) groups is 1. The van der Waals surface area contributed by atoms with Crippen molar-refractivity contribution in [3.63, 3.8) is 0 Å². The number of benzene rings is 1. The number of aryl methyl sites for hydroxylation is 1. The van der Waals surface area contributed by atoms with Crippen LogP contribution < -0.4 is 15.2 Å². The number of carbonyl (C=O) groups excluding carboxylic acids is 1. The van der Waals surface area contributed by atoms with E-state index < -0.39 is 44.7 Å². The van der Waals surface area contributed by atoms with E-state index in [4.69, 9.17) is 9.88 Å². The lowest BCUT2D eigenvalue weighted by Gasteiger charge is -2.13. The van der Waals surface area contributed by atoms with Gasteiger partial charge in [-0.05, 0) is 24.6 Å². The van der Waals surface area contributed by atoms with Crippen molar-refractivity contribution in [1.82, 2.24) is 4.57 Å².